The van der Waals surface area contributed by atoms with E-state index in [1.165, 1.54) is 0 Å². The lowest BCUT2D eigenvalue weighted by Gasteiger charge is -2.06. The Bertz CT molecular complexity index is 426. The summed E-state index contributed by atoms with van der Waals surface area (Å²) in [6.07, 6.45) is 3.62. The molecule has 3 nitrogen and oxygen atoms in total. The number of H-pyrrole nitrogens is 1. The Balaban J connectivity index is 2.54. The molecule has 0 bridgehead atoms. The van der Waals surface area contributed by atoms with Crippen LogP contribution in [0.15, 0.2) is 35.1 Å². The Labute approximate surface area is 90.2 Å². The normalized spacial score (nSPS) is 10.1. The number of aromatic amines is 1. The third kappa shape index (κ3) is 1.53. The average molecular weight is 253 g/mol. The Morgan fingerprint density at radius 1 is 1.43 bits per heavy atom. The number of ether oxygens (including phenoxy) is 1. The molecule has 2 aromatic rings. The monoisotopic (exact) mass is 252 g/mol. The lowest BCUT2D eigenvalue weighted by atomic mass is 10.1. The summed E-state index contributed by atoms with van der Waals surface area (Å²) in [6.45, 7) is 0. The average Bonchev–Trinajstić information content (AvgIpc) is 2.71. The first-order chi connectivity index (χ1) is 6.83. The molecule has 1 heterocycles. The van der Waals surface area contributed by atoms with Crippen LogP contribution in [0.4, 0.5) is 0 Å². The second-order valence-corrected chi connectivity index (χ2v) is 3.60. The molecule has 72 valence electrons. The van der Waals surface area contributed by atoms with Crippen molar-refractivity contribution >= 4 is 15.9 Å². The number of hydrogen-bond donors (Lipinski definition) is 1. The van der Waals surface area contributed by atoms with Crippen LogP contribution in [-0.2, 0) is 0 Å². The van der Waals surface area contributed by atoms with E-state index >= 15 is 0 Å². The molecule has 0 aliphatic carbocycles. The second kappa shape index (κ2) is 3.84. The number of hydrogen-bond acceptors (Lipinski definition) is 2. The fourth-order valence-corrected chi connectivity index (χ4v) is 1.94. The Morgan fingerprint density at radius 3 is 2.93 bits per heavy atom. The van der Waals surface area contributed by atoms with Crippen LogP contribution in [0.2, 0.25) is 0 Å². The van der Waals surface area contributed by atoms with Gasteiger partial charge in [-0.15, -0.1) is 0 Å². The maximum absolute atomic E-state index is 5.21. The van der Waals surface area contributed by atoms with E-state index in [1.807, 2.05) is 24.4 Å². The molecule has 1 aromatic heterocycles. The Kier molecular flexibility index (Phi) is 2.54. The molecule has 0 saturated heterocycles. The summed E-state index contributed by atoms with van der Waals surface area (Å²) in [7, 11) is 1.65. The molecule has 1 N–H and O–H groups in total. The minimum atomic E-state index is 0.823. The van der Waals surface area contributed by atoms with Crippen LogP contribution < -0.4 is 4.74 Å². The molecule has 0 saturated carbocycles. The lowest BCUT2D eigenvalue weighted by Crippen LogP contribution is -1.86. The molecule has 0 unspecified atom stereocenters. The van der Waals surface area contributed by atoms with E-state index in [0.717, 1.165) is 21.3 Å². The molecule has 0 spiro atoms. The molecule has 0 atom stereocenters. The van der Waals surface area contributed by atoms with Gasteiger partial charge in [-0.05, 0) is 22.0 Å². The lowest BCUT2D eigenvalue weighted by molar-refractivity contribution is 0.412. The second-order valence-electron chi connectivity index (χ2n) is 2.81. The first-order valence-electron chi connectivity index (χ1n) is 4.14. The van der Waals surface area contributed by atoms with Gasteiger partial charge in [0.1, 0.15) is 5.75 Å². The molecule has 2 rings (SSSR count). The molecule has 0 fully saturated rings. The highest BCUT2D eigenvalue weighted by molar-refractivity contribution is 9.10. The highest BCUT2D eigenvalue weighted by Crippen LogP contribution is 2.34. The summed E-state index contributed by atoms with van der Waals surface area (Å²) in [6, 6.07) is 5.87. The Morgan fingerprint density at radius 2 is 2.29 bits per heavy atom. The van der Waals surface area contributed by atoms with E-state index in [-0.39, 0.29) is 0 Å². The smallest absolute Gasteiger partial charge is 0.133 e. The van der Waals surface area contributed by atoms with Gasteiger partial charge < -0.3 is 4.74 Å². The number of benzene rings is 1. The highest BCUT2D eigenvalue weighted by atomic mass is 79.9. The predicted molar refractivity (Wildman–Crippen MR) is 58.3 cm³/mol. The van der Waals surface area contributed by atoms with Gasteiger partial charge in [-0.1, -0.05) is 12.1 Å². The van der Waals surface area contributed by atoms with Gasteiger partial charge in [-0.25, -0.2) is 0 Å². The summed E-state index contributed by atoms with van der Waals surface area (Å²) in [4.78, 5) is 0. The van der Waals surface area contributed by atoms with Gasteiger partial charge in [0.2, 0.25) is 0 Å². The number of methoxy groups -OCH3 is 1. The van der Waals surface area contributed by atoms with E-state index in [4.69, 9.17) is 4.74 Å². The van der Waals surface area contributed by atoms with Crippen molar-refractivity contribution in [2.75, 3.05) is 7.11 Å². The summed E-state index contributed by atoms with van der Waals surface area (Å²) in [5, 5.41) is 6.69. The largest absolute Gasteiger partial charge is 0.496 e. The Hall–Kier alpha value is -1.29. The van der Waals surface area contributed by atoms with Gasteiger partial charge in [0.15, 0.2) is 0 Å². The van der Waals surface area contributed by atoms with Gasteiger partial charge in [-0.3, -0.25) is 5.10 Å². The summed E-state index contributed by atoms with van der Waals surface area (Å²) >= 11 is 3.50. The fourth-order valence-electron chi connectivity index (χ4n) is 1.29. The minimum Gasteiger partial charge on any atom is -0.496 e. The topological polar surface area (TPSA) is 37.9 Å². The van der Waals surface area contributed by atoms with E-state index in [2.05, 4.69) is 26.1 Å². The zero-order chi connectivity index (χ0) is 9.97. The highest BCUT2D eigenvalue weighted by Gasteiger charge is 2.07. The first-order valence-corrected chi connectivity index (χ1v) is 4.94. The van der Waals surface area contributed by atoms with E-state index in [0.29, 0.717) is 0 Å². The van der Waals surface area contributed by atoms with Crippen molar-refractivity contribution in [2.45, 2.75) is 0 Å². The van der Waals surface area contributed by atoms with Crippen molar-refractivity contribution in [1.29, 1.82) is 0 Å². The number of aromatic nitrogens is 2. The molecule has 1 aromatic carbocycles. The van der Waals surface area contributed by atoms with Gasteiger partial charge >= 0.3 is 0 Å². The van der Waals surface area contributed by atoms with E-state index in [9.17, 15) is 0 Å². The van der Waals surface area contributed by atoms with Gasteiger partial charge in [0.25, 0.3) is 0 Å². The van der Waals surface area contributed by atoms with Crippen molar-refractivity contribution in [1.82, 2.24) is 10.2 Å². The van der Waals surface area contributed by atoms with Gasteiger partial charge in [-0.2, -0.15) is 5.10 Å². The van der Waals surface area contributed by atoms with Crippen LogP contribution in [0.1, 0.15) is 0 Å². The number of nitrogens with zero attached hydrogens (tertiary/aromatic N) is 1. The third-order valence-corrected chi connectivity index (χ3v) is 2.81. The van der Waals surface area contributed by atoms with E-state index < -0.39 is 0 Å². The maximum Gasteiger partial charge on any atom is 0.133 e. The number of halogens is 1. The summed E-state index contributed by atoms with van der Waals surface area (Å²) in [5.41, 5.74) is 2.11. The van der Waals surface area contributed by atoms with Crippen molar-refractivity contribution in [3.05, 3.63) is 35.1 Å². The SMILES string of the molecule is COc1cccc(-c2cn[nH]c2)c1Br. The van der Waals surface area contributed by atoms with Crippen LogP contribution in [0, 0.1) is 0 Å². The molecular weight excluding hydrogens is 244 g/mol. The zero-order valence-corrected chi connectivity index (χ0v) is 9.21. The molecule has 0 amide bonds. The maximum atomic E-state index is 5.21. The van der Waals surface area contributed by atoms with E-state index in [1.54, 1.807) is 13.3 Å². The molecule has 0 radical (unpaired) electrons. The van der Waals surface area contributed by atoms with Crippen LogP contribution in [0.5, 0.6) is 5.75 Å². The van der Waals surface area contributed by atoms with Crippen molar-refractivity contribution in [3.8, 4) is 16.9 Å². The molecule has 0 aliphatic heterocycles. The van der Waals surface area contributed by atoms with Gasteiger partial charge in [0, 0.05) is 17.3 Å². The van der Waals surface area contributed by atoms with Crippen LogP contribution in [0.25, 0.3) is 11.1 Å². The number of rotatable bonds is 2. The van der Waals surface area contributed by atoms with Crippen LogP contribution in [-0.4, -0.2) is 17.3 Å². The summed E-state index contributed by atoms with van der Waals surface area (Å²) < 4.78 is 6.15. The predicted octanol–water partition coefficient (Wildman–Crippen LogP) is 2.85. The van der Waals surface area contributed by atoms with Crippen molar-refractivity contribution < 1.29 is 4.74 Å². The van der Waals surface area contributed by atoms with Crippen LogP contribution in [0.3, 0.4) is 0 Å². The molecule has 4 heteroatoms. The first kappa shape index (κ1) is 9.27. The van der Waals surface area contributed by atoms with Crippen molar-refractivity contribution in [3.63, 3.8) is 0 Å². The standard InChI is InChI=1S/C10H9BrN2O/c1-14-9-4-2-3-8(10(9)11)7-5-12-13-6-7/h2-6H,1H3,(H,12,13). The van der Waals surface area contributed by atoms with Crippen LogP contribution >= 0.6 is 15.9 Å². The third-order valence-electron chi connectivity index (χ3n) is 1.99. The van der Waals surface area contributed by atoms with Crippen molar-refractivity contribution in [2.24, 2.45) is 0 Å². The zero-order valence-electron chi connectivity index (χ0n) is 7.62. The molecule has 14 heavy (non-hydrogen) atoms. The molecular formula is C10H9BrN2O. The number of nitrogens with one attached hydrogen (secondary N) is 1. The minimum absolute atomic E-state index is 0.823. The molecule has 0 aliphatic rings. The fraction of sp³-hybridized carbons (Fsp3) is 0.100. The summed E-state index contributed by atoms with van der Waals surface area (Å²) in [5.74, 6) is 0.823. The quantitative estimate of drug-likeness (QED) is 0.893. The van der Waals surface area contributed by atoms with Gasteiger partial charge in [0.05, 0.1) is 17.8 Å².